The van der Waals surface area contributed by atoms with Gasteiger partial charge in [0, 0.05) is 67.5 Å². The molecule has 6 nitrogen and oxygen atoms in total. The molecule has 5 N–H and O–H groups in total. The van der Waals surface area contributed by atoms with Crippen LogP contribution in [0, 0.1) is 12.8 Å². The monoisotopic (exact) mass is 628 g/mol. The first kappa shape index (κ1) is 37.9. The van der Waals surface area contributed by atoms with Crippen LogP contribution < -0.4 is 26.6 Å². The molecule has 0 fully saturated rings. The van der Waals surface area contributed by atoms with Crippen LogP contribution in [-0.2, 0) is 0 Å². The van der Waals surface area contributed by atoms with Crippen molar-refractivity contribution in [2.75, 3.05) is 26.5 Å². The summed E-state index contributed by atoms with van der Waals surface area (Å²) < 4.78 is 0. The van der Waals surface area contributed by atoms with Gasteiger partial charge >= 0.3 is 0 Å². The maximum atomic E-state index is 5.01. The van der Waals surface area contributed by atoms with Gasteiger partial charge in [0.1, 0.15) is 0 Å². The predicted octanol–water partition coefficient (Wildman–Crippen LogP) is 8.32. The summed E-state index contributed by atoms with van der Waals surface area (Å²) in [5.74, 6) is 0. The van der Waals surface area contributed by atoms with E-state index in [1.165, 1.54) is 5.57 Å². The number of rotatable bonds is 12. The van der Waals surface area contributed by atoms with E-state index in [9.17, 15) is 0 Å². The molecule has 2 atom stereocenters. The van der Waals surface area contributed by atoms with Crippen molar-refractivity contribution >= 4 is 11.3 Å². The molecule has 0 amide bonds. The van der Waals surface area contributed by atoms with Crippen molar-refractivity contribution in [3.8, 4) is 24.0 Å². The molecule has 246 valence electrons. The van der Waals surface area contributed by atoms with Crippen LogP contribution >= 0.6 is 0 Å². The maximum Gasteiger partial charge on any atom is 0.0871 e. The minimum atomic E-state index is -0.0904. The molecule has 0 aliphatic carbocycles. The molecule has 1 aromatic heterocycles. The zero-order chi connectivity index (χ0) is 34.6. The number of nitrogens with one attached hydrogen (secondary N) is 5. The highest BCUT2D eigenvalue weighted by Crippen LogP contribution is 2.35. The average Bonchev–Trinajstić information content (AvgIpc) is 3.43. The number of pyridine rings is 1. The lowest BCUT2D eigenvalue weighted by Gasteiger charge is -2.25. The molecular formula is C41H52N6. The number of hydrogen-bond donors (Lipinski definition) is 5. The van der Waals surface area contributed by atoms with Crippen molar-refractivity contribution in [1.82, 2.24) is 26.3 Å². The number of terminal acetylenes is 1. The lowest BCUT2D eigenvalue weighted by Crippen LogP contribution is -2.21. The van der Waals surface area contributed by atoms with Gasteiger partial charge in [0.05, 0.1) is 11.7 Å². The van der Waals surface area contributed by atoms with Gasteiger partial charge in [-0.1, -0.05) is 75.1 Å². The number of aromatic nitrogens is 1. The van der Waals surface area contributed by atoms with Crippen LogP contribution in [0.25, 0.3) is 16.7 Å². The van der Waals surface area contributed by atoms with Gasteiger partial charge in [-0.3, -0.25) is 4.98 Å². The van der Waals surface area contributed by atoms with Crippen LogP contribution in [0.15, 0.2) is 139 Å². The summed E-state index contributed by atoms with van der Waals surface area (Å²) in [6, 6.07) is 10.7. The molecule has 0 saturated carbocycles. The Kier molecular flexibility index (Phi) is 16.7. The Morgan fingerprint density at radius 2 is 1.89 bits per heavy atom. The second kappa shape index (κ2) is 20.7. The number of anilines is 1. The minimum Gasteiger partial charge on any atom is -0.392 e. The van der Waals surface area contributed by atoms with Crippen LogP contribution in [0.3, 0.4) is 0 Å². The topological polar surface area (TPSA) is 73.0 Å². The van der Waals surface area contributed by atoms with Crippen LogP contribution in [0.4, 0.5) is 5.69 Å². The molecule has 3 heterocycles. The second-order valence-electron chi connectivity index (χ2n) is 10.5. The SMILES string of the molecule is C#C.C=C/C(=C\C(C)NC)c1cc(C2C=C(C/C=C\C=C(/C)NC)C(C3=CNC=CC=C3)=CN2)ncc1-c1cccc(NC)c1.CC. The second-order valence-corrected chi connectivity index (χ2v) is 10.5. The van der Waals surface area contributed by atoms with E-state index in [2.05, 4.69) is 139 Å². The summed E-state index contributed by atoms with van der Waals surface area (Å²) in [7, 11) is 5.84. The van der Waals surface area contributed by atoms with Crippen molar-refractivity contribution < 1.29 is 0 Å². The molecule has 2 aliphatic rings. The Labute approximate surface area is 283 Å². The van der Waals surface area contributed by atoms with Gasteiger partial charge in [0.25, 0.3) is 0 Å². The number of dihydropyridines is 1. The molecule has 0 radical (unpaired) electrons. The molecule has 0 spiro atoms. The van der Waals surface area contributed by atoms with Crippen LogP contribution in [-0.4, -0.2) is 32.2 Å². The molecule has 2 aliphatic heterocycles. The summed E-state index contributed by atoms with van der Waals surface area (Å²) in [5, 5.41) is 16.6. The molecule has 1 aromatic carbocycles. The number of nitrogens with zero attached hydrogens (tertiary/aromatic N) is 1. The van der Waals surface area contributed by atoms with E-state index in [4.69, 9.17) is 4.98 Å². The van der Waals surface area contributed by atoms with Gasteiger partial charge in [-0.15, -0.1) is 12.8 Å². The van der Waals surface area contributed by atoms with Crippen LogP contribution in [0.2, 0.25) is 0 Å². The summed E-state index contributed by atoms with van der Waals surface area (Å²) in [5.41, 5.74) is 10.9. The smallest absolute Gasteiger partial charge is 0.0871 e. The van der Waals surface area contributed by atoms with E-state index in [0.717, 1.165) is 56.9 Å². The van der Waals surface area contributed by atoms with Gasteiger partial charge in [0.15, 0.2) is 0 Å². The Morgan fingerprint density at radius 1 is 1.11 bits per heavy atom. The van der Waals surface area contributed by atoms with Crippen molar-refractivity contribution in [2.24, 2.45) is 0 Å². The molecule has 0 saturated heterocycles. The highest BCUT2D eigenvalue weighted by atomic mass is 14.9. The van der Waals surface area contributed by atoms with Crippen LogP contribution in [0.1, 0.15) is 51.4 Å². The van der Waals surface area contributed by atoms with Crippen molar-refractivity contribution in [3.05, 3.63) is 150 Å². The van der Waals surface area contributed by atoms with Gasteiger partial charge in [0.2, 0.25) is 0 Å². The third-order valence-electron chi connectivity index (χ3n) is 7.59. The standard InChI is InChI=1S/C37H44N6.C2H6.C2H2/c1-7-28(19-27(3)39-5)33-22-37(43-25-35(33)29-16-12-17-32(20-29)40-6)36-21-30(14-9-8-13-26(2)38-4)34(24-42-36)31-15-10-11-18-41-23-31;2*1-2/h7-13,15-25,27,36,38-42H,1,14H2,2-6H3;1-2H3;1-2H/b9-8-,26-13+,28-19+;;. The van der Waals surface area contributed by atoms with E-state index >= 15 is 0 Å². The summed E-state index contributed by atoms with van der Waals surface area (Å²) >= 11 is 0. The Balaban J connectivity index is 0.00000185. The number of hydrogen-bond acceptors (Lipinski definition) is 6. The summed E-state index contributed by atoms with van der Waals surface area (Å²) in [6.07, 6.45) is 35.9. The molecule has 4 rings (SSSR count). The fraction of sp³-hybridized carbons (Fsp3) is 0.244. The van der Waals surface area contributed by atoms with E-state index in [1.807, 2.05) is 65.7 Å². The molecule has 2 aromatic rings. The Morgan fingerprint density at radius 3 is 2.60 bits per heavy atom. The molecule has 2 unspecified atom stereocenters. The van der Waals surface area contributed by atoms with E-state index < -0.39 is 0 Å². The van der Waals surface area contributed by atoms with Crippen molar-refractivity contribution in [1.29, 1.82) is 0 Å². The fourth-order valence-corrected chi connectivity index (χ4v) is 4.91. The predicted molar refractivity (Wildman–Crippen MR) is 205 cm³/mol. The fourth-order valence-electron chi connectivity index (χ4n) is 4.91. The first-order valence-corrected chi connectivity index (χ1v) is 16.1. The zero-order valence-electron chi connectivity index (χ0n) is 29.1. The molecular weight excluding hydrogens is 576 g/mol. The molecule has 6 heteroatoms. The normalized spacial score (nSPS) is 16.4. The third-order valence-corrected chi connectivity index (χ3v) is 7.59. The molecule has 47 heavy (non-hydrogen) atoms. The highest BCUT2D eigenvalue weighted by Gasteiger charge is 2.21. The van der Waals surface area contributed by atoms with Crippen LogP contribution in [0.5, 0.6) is 0 Å². The van der Waals surface area contributed by atoms with E-state index in [0.29, 0.717) is 0 Å². The van der Waals surface area contributed by atoms with Gasteiger partial charge in [-0.2, -0.15) is 0 Å². The minimum absolute atomic E-state index is 0.0904. The van der Waals surface area contributed by atoms with Gasteiger partial charge in [-0.25, -0.2) is 0 Å². The Bertz CT molecular complexity index is 1590. The molecule has 0 bridgehead atoms. The Hall–Kier alpha value is -5.25. The highest BCUT2D eigenvalue weighted by molar-refractivity contribution is 5.86. The van der Waals surface area contributed by atoms with Crippen molar-refractivity contribution in [2.45, 2.75) is 46.2 Å². The quantitative estimate of drug-likeness (QED) is 0.120. The summed E-state index contributed by atoms with van der Waals surface area (Å²) in [6.45, 7) is 12.4. The number of likely N-dealkylation sites (N-methyl/N-ethyl adjacent to an activating group) is 1. The van der Waals surface area contributed by atoms with Gasteiger partial charge in [-0.05, 0) is 85.5 Å². The largest absolute Gasteiger partial charge is 0.392 e. The van der Waals surface area contributed by atoms with Crippen molar-refractivity contribution in [3.63, 3.8) is 0 Å². The van der Waals surface area contributed by atoms with E-state index in [1.54, 1.807) is 0 Å². The first-order valence-electron chi connectivity index (χ1n) is 16.1. The lowest BCUT2D eigenvalue weighted by molar-refractivity contribution is 0.705. The third kappa shape index (κ3) is 11.0. The number of benzene rings is 1. The summed E-state index contributed by atoms with van der Waals surface area (Å²) in [4.78, 5) is 5.01. The van der Waals surface area contributed by atoms with E-state index in [-0.39, 0.29) is 12.1 Å². The van der Waals surface area contributed by atoms with Gasteiger partial charge < -0.3 is 26.6 Å². The average molecular weight is 629 g/mol. The number of allylic oxidation sites excluding steroid dienone is 12. The first-order chi connectivity index (χ1) is 23.0. The zero-order valence-corrected chi connectivity index (χ0v) is 29.1. The lowest BCUT2D eigenvalue weighted by atomic mass is 9.89. The maximum absolute atomic E-state index is 5.01.